The molecule has 0 amide bonds. The summed E-state index contributed by atoms with van der Waals surface area (Å²) < 4.78 is 10.9. The first kappa shape index (κ1) is 18.4. The van der Waals surface area contributed by atoms with Gasteiger partial charge in [-0.2, -0.15) is 0 Å². The highest BCUT2D eigenvalue weighted by molar-refractivity contribution is 7.18. The zero-order valence-electron chi connectivity index (χ0n) is 15.4. The fraction of sp³-hybridized carbons (Fsp3) is 0.368. The average molecular weight is 373 g/mol. The number of hydrogen-bond acceptors (Lipinski definition) is 7. The molecular weight excluding hydrogens is 350 g/mol. The molecular formula is C19H23N3O3S. The number of thiophene rings is 1. The number of aliphatic hydroxyl groups is 1. The molecule has 0 spiro atoms. The van der Waals surface area contributed by atoms with E-state index in [9.17, 15) is 0 Å². The molecule has 0 saturated carbocycles. The number of nitrogens with one attached hydrogen (secondary N) is 1. The van der Waals surface area contributed by atoms with Crippen LogP contribution in [0.4, 0.5) is 5.82 Å². The van der Waals surface area contributed by atoms with Crippen molar-refractivity contribution in [3.63, 3.8) is 0 Å². The highest BCUT2D eigenvalue weighted by Crippen LogP contribution is 2.35. The smallest absolute Gasteiger partial charge is 0.161 e. The van der Waals surface area contributed by atoms with Crippen LogP contribution in [0.15, 0.2) is 24.5 Å². The number of anilines is 1. The molecule has 2 N–H and O–H groups in total. The monoisotopic (exact) mass is 373 g/mol. The van der Waals surface area contributed by atoms with Crippen LogP contribution in [-0.4, -0.2) is 35.4 Å². The van der Waals surface area contributed by atoms with E-state index in [1.165, 1.54) is 10.4 Å². The molecule has 6 nitrogen and oxygen atoms in total. The maximum Gasteiger partial charge on any atom is 0.161 e. The Balaban J connectivity index is 1.87. The Morgan fingerprint density at radius 1 is 1.23 bits per heavy atom. The number of methoxy groups -OCH3 is 1. The number of aliphatic hydroxyl groups excluding tert-OH is 1. The lowest BCUT2D eigenvalue weighted by atomic mass is 10.1. The minimum Gasteiger partial charge on any atom is -0.493 e. The second-order valence-electron chi connectivity index (χ2n) is 6.03. The van der Waals surface area contributed by atoms with Crippen molar-refractivity contribution in [1.29, 1.82) is 0 Å². The highest BCUT2D eigenvalue weighted by Gasteiger charge is 2.16. The summed E-state index contributed by atoms with van der Waals surface area (Å²) in [4.78, 5) is 11.1. The lowest BCUT2D eigenvalue weighted by Gasteiger charge is -2.18. The molecule has 3 aromatic rings. The molecule has 0 aliphatic carbocycles. The van der Waals surface area contributed by atoms with E-state index in [0.29, 0.717) is 11.5 Å². The van der Waals surface area contributed by atoms with Crippen molar-refractivity contribution in [2.45, 2.75) is 26.8 Å². The fourth-order valence-corrected chi connectivity index (χ4v) is 3.81. The second kappa shape index (κ2) is 7.88. The highest BCUT2D eigenvalue weighted by atomic mass is 32.1. The number of aryl methyl sites for hydroxylation is 2. The van der Waals surface area contributed by atoms with Crippen LogP contribution in [0.2, 0.25) is 0 Å². The number of benzene rings is 1. The van der Waals surface area contributed by atoms with Gasteiger partial charge in [-0.05, 0) is 44.0 Å². The van der Waals surface area contributed by atoms with Crippen LogP contribution >= 0.6 is 11.3 Å². The van der Waals surface area contributed by atoms with Crippen molar-refractivity contribution < 1.29 is 14.6 Å². The number of ether oxygens (including phenoxy) is 2. The molecule has 0 aliphatic rings. The number of aromatic nitrogens is 2. The molecule has 0 radical (unpaired) electrons. The molecule has 0 bridgehead atoms. The zero-order valence-corrected chi connectivity index (χ0v) is 16.2. The molecule has 7 heteroatoms. The van der Waals surface area contributed by atoms with Crippen molar-refractivity contribution in [2.75, 3.05) is 25.6 Å². The average Bonchev–Trinajstić information content (AvgIpc) is 2.94. The Morgan fingerprint density at radius 3 is 2.77 bits per heavy atom. The van der Waals surface area contributed by atoms with Crippen LogP contribution in [0.5, 0.6) is 11.5 Å². The summed E-state index contributed by atoms with van der Waals surface area (Å²) >= 11 is 1.68. The number of rotatable bonds is 7. The standard InChI is InChI=1S/C19H23N3O3S/c1-11-13(3)26-19-17(11)18(20-10-21-19)22-12(2)14-5-6-15(25-8-7-23)16(9-14)24-4/h5-6,9-10,12,23H,7-8H2,1-4H3,(H,20,21,22). The van der Waals surface area contributed by atoms with Gasteiger partial charge in [0.2, 0.25) is 0 Å². The van der Waals surface area contributed by atoms with Gasteiger partial charge in [0.1, 0.15) is 23.6 Å². The molecule has 0 saturated heterocycles. The first-order chi connectivity index (χ1) is 12.5. The molecule has 1 unspecified atom stereocenters. The van der Waals surface area contributed by atoms with Gasteiger partial charge in [0, 0.05) is 4.88 Å². The molecule has 1 aromatic carbocycles. The van der Waals surface area contributed by atoms with Crippen molar-refractivity contribution >= 4 is 27.4 Å². The maximum atomic E-state index is 8.92. The first-order valence-electron chi connectivity index (χ1n) is 8.44. The molecule has 26 heavy (non-hydrogen) atoms. The minimum absolute atomic E-state index is 0.0218. The molecule has 138 valence electrons. The third-order valence-corrected chi connectivity index (χ3v) is 5.47. The molecule has 2 aromatic heterocycles. The van der Waals surface area contributed by atoms with Crippen LogP contribution in [0, 0.1) is 13.8 Å². The quantitative estimate of drug-likeness (QED) is 0.655. The van der Waals surface area contributed by atoms with Gasteiger partial charge in [0.05, 0.1) is 25.1 Å². The number of nitrogens with zero attached hydrogens (tertiary/aromatic N) is 2. The largest absolute Gasteiger partial charge is 0.493 e. The van der Waals surface area contributed by atoms with Crippen LogP contribution in [-0.2, 0) is 0 Å². The Bertz CT molecular complexity index is 910. The van der Waals surface area contributed by atoms with Gasteiger partial charge in [-0.25, -0.2) is 9.97 Å². The van der Waals surface area contributed by atoms with Crippen molar-refractivity contribution in [1.82, 2.24) is 9.97 Å². The third-order valence-electron chi connectivity index (χ3n) is 4.36. The van der Waals surface area contributed by atoms with Gasteiger partial charge in [-0.1, -0.05) is 6.07 Å². The van der Waals surface area contributed by atoms with E-state index in [2.05, 4.69) is 36.1 Å². The number of fused-ring (bicyclic) bond motifs is 1. The molecule has 3 rings (SSSR count). The molecule has 2 heterocycles. The maximum absolute atomic E-state index is 8.92. The summed E-state index contributed by atoms with van der Waals surface area (Å²) in [5.41, 5.74) is 2.26. The van der Waals surface area contributed by atoms with Crippen LogP contribution in [0.1, 0.15) is 29.0 Å². The van der Waals surface area contributed by atoms with E-state index in [-0.39, 0.29) is 19.3 Å². The summed E-state index contributed by atoms with van der Waals surface area (Å²) in [5.74, 6) is 2.09. The van der Waals surface area contributed by atoms with E-state index in [1.54, 1.807) is 24.8 Å². The fourth-order valence-electron chi connectivity index (χ4n) is 2.81. The molecule has 1 atom stereocenters. The van der Waals surface area contributed by atoms with Gasteiger partial charge >= 0.3 is 0 Å². The summed E-state index contributed by atoms with van der Waals surface area (Å²) in [7, 11) is 1.61. The summed E-state index contributed by atoms with van der Waals surface area (Å²) in [6.07, 6.45) is 1.60. The SMILES string of the molecule is COc1cc(C(C)Nc2ncnc3sc(C)c(C)c23)ccc1OCCO. The third kappa shape index (κ3) is 3.59. The van der Waals surface area contributed by atoms with Gasteiger partial charge in [0.25, 0.3) is 0 Å². The van der Waals surface area contributed by atoms with E-state index in [0.717, 1.165) is 21.6 Å². The topological polar surface area (TPSA) is 76.5 Å². The van der Waals surface area contributed by atoms with E-state index in [1.807, 2.05) is 18.2 Å². The predicted octanol–water partition coefficient (Wildman–Crippen LogP) is 3.86. The lowest BCUT2D eigenvalue weighted by molar-refractivity contribution is 0.196. The van der Waals surface area contributed by atoms with E-state index >= 15 is 0 Å². The summed E-state index contributed by atoms with van der Waals surface area (Å²) in [5, 5.41) is 13.5. The first-order valence-corrected chi connectivity index (χ1v) is 9.25. The van der Waals surface area contributed by atoms with Gasteiger partial charge in [0.15, 0.2) is 11.5 Å². The van der Waals surface area contributed by atoms with Gasteiger partial charge in [-0.3, -0.25) is 0 Å². The normalized spacial score (nSPS) is 12.2. The predicted molar refractivity (Wildman–Crippen MR) is 105 cm³/mol. The minimum atomic E-state index is -0.0357. The van der Waals surface area contributed by atoms with Crippen LogP contribution in [0.25, 0.3) is 10.2 Å². The van der Waals surface area contributed by atoms with Crippen LogP contribution < -0.4 is 14.8 Å². The van der Waals surface area contributed by atoms with Crippen molar-refractivity contribution in [2.24, 2.45) is 0 Å². The Labute approximate surface area is 156 Å². The Hall–Kier alpha value is -2.38. The molecule has 0 fully saturated rings. The van der Waals surface area contributed by atoms with Crippen molar-refractivity contribution in [3.05, 3.63) is 40.5 Å². The lowest BCUT2D eigenvalue weighted by Crippen LogP contribution is -2.09. The second-order valence-corrected chi connectivity index (χ2v) is 7.24. The van der Waals surface area contributed by atoms with Crippen LogP contribution in [0.3, 0.4) is 0 Å². The van der Waals surface area contributed by atoms with E-state index < -0.39 is 0 Å². The van der Waals surface area contributed by atoms with Gasteiger partial charge in [-0.15, -0.1) is 11.3 Å². The summed E-state index contributed by atoms with van der Waals surface area (Å²) in [6, 6.07) is 5.80. The number of hydrogen-bond donors (Lipinski definition) is 2. The molecule has 0 aliphatic heterocycles. The Morgan fingerprint density at radius 2 is 2.04 bits per heavy atom. The summed E-state index contributed by atoms with van der Waals surface area (Å²) in [6.45, 7) is 6.48. The van der Waals surface area contributed by atoms with E-state index in [4.69, 9.17) is 14.6 Å². The van der Waals surface area contributed by atoms with Crippen molar-refractivity contribution in [3.8, 4) is 11.5 Å². The zero-order chi connectivity index (χ0) is 18.7. The Kier molecular flexibility index (Phi) is 5.58. The van der Waals surface area contributed by atoms with Gasteiger partial charge < -0.3 is 19.9 Å².